The van der Waals surface area contributed by atoms with E-state index in [2.05, 4.69) is 8.83 Å². The summed E-state index contributed by atoms with van der Waals surface area (Å²) in [6.45, 7) is -0.755. The number of H-pyrrole nitrogens is 1. The molecule has 16 nitrogen and oxygen atoms in total. The van der Waals surface area contributed by atoms with Gasteiger partial charge in [0.05, 0.1) is 18.8 Å². The van der Waals surface area contributed by atoms with Crippen LogP contribution in [0.2, 0.25) is 0 Å². The first kappa shape index (κ1) is 24.6. The van der Waals surface area contributed by atoms with Crippen LogP contribution in [0.1, 0.15) is 18.7 Å². The number of aromatic amines is 1. The number of aliphatic hydroxyl groups excluding tert-OH is 2. The van der Waals surface area contributed by atoms with E-state index in [1.54, 1.807) is 0 Å². The Morgan fingerprint density at radius 3 is 2.47 bits per heavy atom. The van der Waals surface area contributed by atoms with Crippen LogP contribution in [-0.2, 0) is 38.8 Å². The van der Waals surface area contributed by atoms with Crippen molar-refractivity contribution in [3.8, 4) is 0 Å². The second-order valence-electron chi connectivity index (χ2n) is 5.95. The van der Waals surface area contributed by atoms with E-state index >= 15 is 0 Å². The zero-order valence-electron chi connectivity index (χ0n) is 15.1. The third kappa shape index (κ3) is 6.15. The van der Waals surface area contributed by atoms with Crippen molar-refractivity contribution in [1.29, 1.82) is 0 Å². The molecule has 0 spiro atoms. The lowest BCUT2D eigenvalue weighted by atomic mass is 10.1. The highest BCUT2D eigenvalue weighted by Gasteiger charge is 2.48. The van der Waals surface area contributed by atoms with Gasteiger partial charge in [0.1, 0.15) is 12.2 Å². The first-order valence-electron chi connectivity index (χ1n) is 7.94. The molecule has 170 valence electrons. The van der Waals surface area contributed by atoms with Crippen molar-refractivity contribution >= 4 is 21.6 Å². The number of aromatic nitrogens is 2. The molecule has 1 unspecified atom stereocenters. The number of phosphoric ester groups is 1. The van der Waals surface area contributed by atoms with Gasteiger partial charge in [-0.2, -0.15) is 4.31 Å². The Labute approximate surface area is 166 Å². The highest BCUT2D eigenvalue weighted by molar-refractivity contribution is 7.60. The number of phosphoric acid groups is 2. The number of esters is 1. The van der Waals surface area contributed by atoms with Crippen LogP contribution in [0.15, 0.2) is 15.8 Å². The summed E-state index contributed by atoms with van der Waals surface area (Å²) in [7, 11) is -10.7. The van der Waals surface area contributed by atoms with Gasteiger partial charge in [-0.25, -0.2) is 13.9 Å². The Kier molecular flexibility index (Phi) is 7.53. The molecule has 1 aliphatic rings. The summed E-state index contributed by atoms with van der Waals surface area (Å²) in [5.41, 5.74) is -2.20. The summed E-state index contributed by atoms with van der Waals surface area (Å²) in [4.78, 5) is 63.4. The first-order chi connectivity index (χ1) is 13.7. The number of nitrogens with zero attached hydrogens (tertiary/aromatic N) is 1. The van der Waals surface area contributed by atoms with Crippen LogP contribution in [0.3, 0.4) is 0 Å². The van der Waals surface area contributed by atoms with E-state index in [9.17, 15) is 38.6 Å². The molecule has 6 N–H and O–H groups in total. The van der Waals surface area contributed by atoms with E-state index in [1.165, 1.54) is 0 Å². The van der Waals surface area contributed by atoms with Gasteiger partial charge in [-0.1, -0.05) is 0 Å². The lowest BCUT2D eigenvalue weighted by Crippen LogP contribution is -2.41. The molecule has 0 aliphatic carbocycles. The molecule has 0 saturated carbocycles. The average molecular weight is 476 g/mol. The Morgan fingerprint density at radius 2 is 1.93 bits per heavy atom. The number of hydrogen-bond acceptors (Lipinski definition) is 11. The van der Waals surface area contributed by atoms with E-state index in [4.69, 9.17) is 19.3 Å². The third-order valence-corrected chi connectivity index (χ3v) is 5.86. The van der Waals surface area contributed by atoms with Crippen LogP contribution in [0.25, 0.3) is 0 Å². The van der Waals surface area contributed by atoms with Gasteiger partial charge in [-0.05, 0) is 0 Å². The number of carbonyl (C=O) groups is 1. The van der Waals surface area contributed by atoms with Gasteiger partial charge in [0, 0.05) is 13.1 Å². The maximum Gasteiger partial charge on any atom is 0.481 e. The number of rotatable bonds is 8. The van der Waals surface area contributed by atoms with Gasteiger partial charge in [0.25, 0.3) is 5.56 Å². The molecule has 0 aromatic carbocycles. The van der Waals surface area contributed by atoms with Crippen LogP contribution in [0.4, 0.5) is 0 Å². The van der Waals surface area contributed by atoms with Crippen LogP contribution >= 0.6 is 15.6 Å². The molecule has 0 bridgehead atoms. The summed E-state index contributed by atoms with van der Waals surface area (Å²) in [5, 5.41) is 19.5. The molecule has 1 aliphatic heterocycles. The fourth-order valence-corrected chi connectivity index (χ4v) is 4.15. The molecular formula is C12H18N2O14P2. The molecule has 0 radical (unpaired) electrons. The molecule has 5 atom stereocenters. The molecule has 1 aromatic heterocycles. The number of carbonyl (C=O) groups excluding carboxylic acids is 1. The Morgan fingerprint density at radius 1 is 1.30 bits per heavy atom. The van der Waals surface area contributed by atoms with Crippen molar-refractivity contribution in [2.75, 3.05) is 6.61 Å². The lowest BCUT2D eigenvalue weighted by molar-refractivity contribution is -0.156. The van der Waals surface area contributed by atoms with E-state index in [0.29, 0.717) is 4.57 Å². The van der Waals surface area contributed by atoms with Crippen molar-refractivity contribution < 1.29 is 57.1 Å². The summed E-state index contributed by atoms with van der Waals surface area (Å²) < 4.78 is 41.2. The zero-order chi connectivity index (χ0) is 22.9. The van der Waals surface area contributed by atoms with Crippen molar-refractivity contribution in [3.63, 3.8) is 0 Å². The van der Waals surface area contributed by atoms with Crippen LogP contribution in [0, 0.1) is 0 Å². The molecule has 2 heterocycles. The summed E-state index contributed by atoms with van der Waals surface area (Å²) in [5.74, 6) is -0.897. The molecule has 1 aromatic rings. The smallest absolute Gasteiger partial charge is 0.455 e. The summed E-state index contributed by atoms with van der Waals surface area (Å²) in [6.07, 6.45) is -5.52. The largest absolute Gasteiger partial charge is 0.481 e. The van der Waals surface area contributed by atoms with Gasteiger partial charge in [-0.15, -0.1) is 0 Å². The molecule has 1 fully saturated rings. The SMILES string of the molecule is CC(=O)O[C@@H]1[C@H](O)[C@@H](COP(=O)(O)OP(=O)(O)O)O[C@H]1n1cc(CO)c(=O)[nH]c1=O. The minimum absolute atomic E-state index is 0.260. The van der Waals surface area contributed by atoms with E-state index in [1.807, 2.05) is 4.98 Å². The van der Waals surface area contributed by atoms with E-state index in [0.717, 1.165) is 13.1 Å². The van der Waals surface area contributed by atoms with Gasteiger partial charge in [0.2, 0.25) is 0 Å². The van der Waals surface area contributed by atoms with Crippen LogP contribution in [0.5, 0.6) is 0 Å². The fraction of sp³-hybridized carbons (Fsp3) is 0.583. The quantitative estimate of drug-likeness (QED) is 0.167. The summed E-state index contributed by atoms with van der Waals surface area (Å²) >= 11 is 0. The highest BCUT2D eigenvalue weighted by Crippen LogP contribution is 2.57. The predicted octanol–water partition coefficient (Wildman–Crippen LogP) is -2.55. The molecule has 18 heteroatoms. The van der Waals surface area contributed by atoms with Crippen molar-refractivity contribution in [2.45, 2.75) is 38.1 Å². The van der Waals surface area contributed by atoms with Gasteiger partial charge >= 0.3 is 27.3 Å². The summed E-state index contributed by atoms with van der Waals surface area (Å²) in [6, 6.07) is 0. The Balaban J connectivity index is 2.30. The molecule has 2 rings (SSSR count). The van der Waals surface area contributed by atoms with Gasteiger partial charge in [0.15, 0.2) is 12.3 Å². The maximum absolute atomic E-state index is 12.1. The standard InChI is InChI=1S/C12H18N2O14P2/c1-5(16)26-9-8(17)7(4-25-30(23,24)28-29(20,21)22)27-11(9)14-2-6(3-15)10(18)13-12(14)19/h2,7-9,11,15,17H,3-4H2,1H3,(H,23,24)(H,13,18,19)(H2,20,21,22)/t7-,8-,9-,11-/m1/s1. The van der Waals surface area contributed by atoms with Crippen molar-refractivity contribution in [1.82, 2.24) is 9.55 Å². The molecule has 1 saturated heterocycles. The number of hydrogen-bond donors (Lipinski definition) is 6. The van der Waals surface area contributed by atoms with E-state index < -0.39 is 70.6 Å². The Hall–Kier alpha value is -1.71. The fourth-order valence-electron chi connectivity index (χ4n) is 2.55. The van der Waals surface area contributed by atoms with Gasteiger partial charge < -0.3 is 34.4 Å². The van der Waals surface area contributed by atoms with Crippen molar-refractivity contribution in [3.05, 3.63) is 32.6 Å². The Bertz CT molecular complexity index is 997. The molecule has 0 amide bonds. The van der Waals surface area contributed by atoms with Gasteiger partial charge in [-0.3, -0.25) is 23.7 Å². The minimum atomic E-state index is -5.39. The topological polar surface area (TPSA) is 244 Å². The second-order valence-corrected chi connectivity index (χ2v) is 8.77. The normalized spacial score (nSPS) is 26.3. The number of aliphatic hydroxyl groups is 2. The zero-order valence-corrected chi connectivity index (χ0v) is 16.8. The molecular weight excluding hydrogens is 458 g/mol. The van der Waals surface area contributed by atoms with Crippen LogP contribution in [-0.4, -0.2) is 65.3 Å². The maximum atomic E-state index is 12.1. The average Bonchev–Trinajstić information content (AvgIpc) is 2.87. The first-order valence-corrected chi connectivity index (χ1v) is 11.0. The third-order valence-electron chi connectivity index (χ3n) is 3.71. The lowest BCUT2D eigenvalue weighted by Gasteiger charge is -2.21. The second kappa shape index (κ2) is 9.20. The highest BCUT2D eigenvalue weighted by atomic mass is 31.3. The number of nitrogens with one attached hydrogen (secondary N) is 1. The van der Waals surface area contributed by atoms with Crippen molar-refractivity contribution in [2.24, 2.45) is 0 Å². The van der Waals surface area contributed by atoms with Crippen LogP contribution < -0.4 is 11.2 Å². The number of ether oxygens (including phenoxy) is 2. The predicted molar refractivity (Wildman–Crippen MR) is 91.6 cm³/mol. The monoisotopic (exact) mass is 476 g/mol. The van der Waals surface area contributed by atoms with E-state index in [-0.39, 0.29) is 5.56 Å². The minimum Gasteiger partial charge on any atom is -0.455 e. The molecule has 30 heavy (non-hydrogen) atoms.